The molecule has 0 spiro atoms. The molecule has 3 fully saturated rings. The van der Waals surface area contributed by atoms with Gasteiger partial charge in [-0.05, 0) is 80.9 Å². The van der Waals surface area contributed by atoms with Gasteiger partial charge in [0.2, 0.25) is 0 Å². The lowest BCUT2D eigenvalue weighted by molar-refractivity contribution is -0.130. The molecular formula is C26H30O4. The number of hydrogen-bond donors (Lipinski definition) is 0. The molecule has 4 nitrogen and oxygen atoms in total. The van der Waals surface area contributed by atoms with E-state index < -0.39 is 5.41 Å². The van der Waals surface area contributed by atoms with Crippen molar-refractivity contribution >= 4 is 18.0 Å². The second-order valence-corrected chi connectivity index (χ2v) is 10.1. The summed E-state index contributed by atoms with van der Waals surface area (Å²) in [5.41, 5.74) is 1.24. The quantitative estimate of drug-likeness (QED) is 0.528. The standard InChI is InChI=1S/C26H30O4/c1-25-13-12-22-20(8-7-18-15-19(28)11-14-26(18,22)16-27)21(25)9-10-23(25)30-24(29)17-5-3-2-4-6-17/h2-6,15-16,20-23H,7-14H2,1H3/t20-,21+,22+,23+,25+,26+/m1/s1. The van der Waals surface area contributed by atoms with Crippen molar-refractivity contribution in [2.45, 2.75) is 64.4 Å². The highest BCUT2D eigenvalue weighted by molar-refractivity contribution is 5.93. The Labute approximate surface area is 178 Å². The van der Waals surface area contributed by atoms with Crippen molar-refractivity contribution in [3.05, 3.63) is 47.5 Å². The third-order valence-electron chi connectivity index (χ3n) is 8.95. The molecule has 1 aromatic rings. The van der Waals surface area contributed by atoms with E-state index in [0.29, 0.717) is 36.2 Å². The first-order valence-corrected chi connectivity index (χ1v) is 11.4. The van der Waals surface area contributed by atoms with Crippen LogP contribution >= 0.6 is 0 Å². The van der Waals surface area contributed by atoms with Gasteiger partial charge in [-0.15, -0.1) is 0 Å². The van der Waals surface area contributed by atoms with Gasteiger partial charge in [-0.1, -0.05) is 30.7 Å². The van der Waals surface area contributed by atoms with Crippen LogP contribution in [-0.2, 0) is 14.3 Å². The van der Waals surface area contributed by atoms with Crippen LogP contribution in [0.4, 0.5) is 0 Å². The van der Waals surface area contributed by atoms with E-state index in [9.17, 15) is 14.4 Å². The highest BCUT2D eigenvalue weighted by Crippen LogP contribution is 2.65. The summed E-state index contributed by atoms with van der Waals surface area (Å²) >= 11 is 0. The number of esters is 1. The predicted octanol–water partition coefficient (Wildman–Crippen LogP) is 4.92. The second-order valence-electron chi connectivity index (χ2n) is 10.1. The largest absolute Gasteiger partial charge is 0.458 e. The number of aldehydes is 1. The topological polar surface area (TPSA) is 60.4 Å². The maximum Gasteiger partial charge on any atom is 0.338 e. The number of allylic oxidation sites excluding steroid dienone is 1. The van der Waals surface area contributed by atoms with Gasteiger partial charge < -0.3 is 9.53 Å². The zero-order valence-corrected chi connectivity index (χ0v) is 17.6. The van der Waals surface area contributed by atoms with Crippen LogP contribution in [-0.4, -0.2) is 24.1 Å². The van der Waals surface area contributed by atoms with Gasteiger partial charge in [-0.3, -0.25) is 4.79 Å². The van der Waals surface area contributed by atoms with Crippen LogP contribution in [0.5, 0.6) is 0 Å². The Bertz CT molecular complexity index is 903. The summed E-state index contributed by atoms with van der Waals surface area (Å²) in [6.45, 7) is 2.30. The maximum absolute atomic E-state index is 12.7. The third kappa shape index (κ3) is 2.83. The molecule has 0 radical (unpaired) electrons. The summed E-state index contributed by atoms with van der Waals surface area (Å²) in [4.78, 5) is 37.1. The number of benzene rings is 1. The lowest BCUT2D eigenvalue weighted by atomic mass is 9.47. The minimum atomic E-state index is -0.434. The molecule has 1 aromatic carbocycles. The van der Waals surface area contributed by atoms with E-state index >= 15 is 0 Å². The fourth-order valence-electron chi connectivity index (χ4n) is 7.41. The fourth-order valence-corrected chi connectivity index (χ4v) is 7.41. The average molecular weight is 407 g/mol. The summed E-state index contributed by atoms with van der Waals surface area (Å²) < 4.78 is 6.06. The molecule has 0 heterocycles. The van der Waals surface area contributed by atoms with Crippen molar-refractivity contribution in [2.24, 2.45) is 28.6 Å². The van der Waals surface area contributed by atoms with Crippen LogP contribution in [0.25, 0.3) is 0 Å². The Kier molecular flexibility index (Phi) is 4.72. The number of carbonyl (C=O) groups excluding carboxylic acids is 3. The molecule has 0 bridgehead atoms. The molecule has 158 valence electrons. The van der Waals surface area contributed by atoms with E-state index in [-0.39, 0.29) is 23.3 Å². The second kappa shape index (κ2) is 7.18. The molecule has 5 rings (SSSR count). The highest BCUT2D eigenvalue weighted by Gasteiger charge is 2.61. The number of fused-ring (bicyclic) bond motifs is 5. The van der Waals surface area contributed by atoms with Crippen molar-refractivity contribution in [3.63, 3.8) is 0 Å². The minimum Gasteiger partial charge on any atom is -0.458 e. The molecule has 30 heavy (non-hydrogen) atoms. The van der Waals surface area contributed by atoms with Gasteiger partial charge in [0.25, 0.3) is 0 Å². The zero-order chi connectivity index (χ0) is 20.9. The molecule has 4 aliphatic carbocycles. The number of ketones is 1. The molecule has 0 saturated heterocycles. The van der Waals surface area contributed by atoms with Crippen LogP contribution < -0.4 is 0 Å². The molecule has 0 aliphatic heterocycles. The highest BCUT2D eigenvalue weighted by atomic mass is 16.5. The van der Waals surface area contributed by atoms with Gasteiger partial charge in [0.1, 0.15) is 12.4 Å². The summed E-state index contributed by atoms with van der Waals surface area (Å²) in [5.74, 6) is 1.22. The Balaban J connectivity index is 1.39. The van der Waals surface area contributed by atoms with Gasteiger partial charge in [-0.25, -0.2) is 4.79 Å². The van der Waals surface area contributed by atoms with Gasteiger partial charge in [0.05, 0.1) is 11.0 Å². The molecule has 6 atom stereocenters. The molecule has 0 unspecified atom stereocenters. The average Bonchev–Trinajstić information content (AvgIpc) is 3.10. The van der Waals surface area contributed by atoms with E-state index in [0.717, 1.165) is 44.1 Å². The minimum absolute atomic E-state index is 0.0264. The van der Waals surface area contributed by atoms with Crippen LogP contribution in [0, 0.1) is 28.6 Å². The van der Waals surface area contributed by atoms with E-state index in [1.807, 2.05) is 18.2 Å². The first-order chi connectivity index (χ1) is 14.5. The summed E-state index contributed by atoms with van der Waals surface area (Å²) in [6, 6.07) is 9.24. The van der Waals surface area contributed by atoms with Gasteiger partial charge >= 0.3 is 5.97 Å². The summed E-state index contributed by atoms with van der Waals surface area (Å²) in [5, 5.41) is 0. The van der Waals surface area contributed by atoms with Gasteiger partial charge in [-0.2, -0.15) is 0 Å². The van der Waals surface area contributed by atoms with Gasteiger partial charge in [0, 0.05) is 11.8 Å². The molecule has 0 amide bonds. The molecule has 4 aliphatic rings. The Morgan fingerprint density at radius 3 is 2.60 bits per heavy atom. The lowest BCUT2D eigenvalue weighted by Gasteiger charge is -2.56. The van der Waals surface area contributed by atoms with E-state index in [1.54, 1.807) is 18.2 Å². The van der Waals surface area contributed by atoms with Crippen LogP contribution in [0.2, 0.25) is 0 Å². The molecule has 0 N–H and O–H groups in total. The number of carbonyl (C=O) groups is 3. The van der Waals surface area contributed by atoms with Crippen LogP contribution in [0.1, 0.15) is 68.6 Å². The van der Waals surface area contributed by atoms with E-state index in [2.05, 4.69) is 6.92 Å². The number of hydrogen-bond acceptors (Lipinski definition) is 4. The fraction of sp³-hybridized carbons (Fsp3) is 0.577. The van der Waals surface area contributed by atoms with Crippen molar-refractivity contribution < 1.29 is 19.1 Å². The summed E-state index contributed by atoms with van der Waals surface area (Å²) in [6.07, 6.45) is 9.86. The Morgan fingerprint density at radius 2 is 1.83 bits per heavy atom. The van der Waals surface area contributed by atoms with Crippen molar-refractivity contribution in [3.8, 4) is 0 Å². The zero-order valence-electron chi connectivity index (χ0n) is 17.6. The number of rotatable bonds is 3. The normalized spacial score (nSPS) is 39.9. The third-order valence-corrected chi connectivity index (χ3v) is 8.95. The Morgan fingerprint density at radius 1 is 1.03 bits per heavy atom. The first-order valence-electron chi connectivity index (χ1n) is 11.4. The Hall–Kier alpha value is -2.23. The van der Waals surface area contributed by atoms with Gasteiger partial charge in [0.15, 0.2) is 5.78 Å². The SMILES string of the molecule is C[C@]12CC[C@H]3[C@H](CCC4=CC(=O)CC[C@]43C=O)[C@@H]1CC[C@@H]2OC(=O)c1ccccc1. The van der Waals surface area contributed by atoms with E-state index in [4.69, 9.17) is 4.74 Å². The van der Waals surface area contributed by atoms with E-state index in [1.165, 1.54) is 6.29 Å². The molecule has 0 aromatic heterocycles. The van der Waals surface area contributed by atoms with Crippen LogP contribution in [0.3, 0.4) is 0 Å². The lowest BCUT2D eigenvalue weighted by Crippen LogP contribution is -2.53. The monoisotopic (exact) mass is 406 g/mol. The summed E-state index contributed by atoms with van der Waals surface area (Å²) in [7, 11) is 0. The number of ether oxygens (including phenoxy) is 1. The van der Waals surface area contributed by atoms with Crippen molar-refractivity contribution in [1.82, 2.24) is 0 Å². The molecular weight excluding hydrogens is 376 g/mol. The molecule has 3 saturated carbocycles. The van der Waals surface area contributed by atoms with Crippen molar-refractivity contribution in [2.75, 3.05) is 0 Å². The van der Waals surface area contributed by atoms with Crippen LogP contribution in [0.15, 0.2) is 42.0 Å². The smallest absolute Gasteiger partial charge is 0.338 e. The van der Waals surface area contributed by atoms with Crippen molar-refractivity contribution in [1.29, 1.82) is 0 Å². The first kappa shape index (κ1) is 19.7. The maximum atomic E-state index is 12.7. The molecule has 4 heteroatoms. The predicted molar refractivity (Wildman–Crippen MR) is 113 cm³/mol.